The number of hydrogen-bond acceptors (Lipinski definition) is 10. The van der Waals surface area contributed by atoms with Crippen LogP contribution in [-0.2, 0) is 65.1 Å². The molecule has 0 amide bonds. The maximum Gasteiger partial charge on any atom is 0.309 e. The Bertz CT molecular complexity index is 1070. The van der Waals surface area contributed by atoms with Crippen molar-refractivity contribution in [3.8, 4) is 0 Å². The standard InChI is InChI=1S/C31H48N4O8/c1-7-26(22(18-42-28(36)9-3)14-24-16-32-20-34(24)5)30(38)40-12-11-13-41-31(39)27(8-2)23(19-43-29(37)10-4)15-25-17-33-21-35(25)6/h16-17,20-23,26-27H,7-15,18-19H2,1-6H3/t22-,23-,26-,27-/m0/s1. The van der Waals surface area contributed by atoms with Crippen molar-refractivity contribution in [1.82, 2.24) is 19.1 Å². The molecular weight excluding hydrogens is 556 g/mol. The first kappa shape index (κ1) is 35.5. The van der Waals surface area contributed by atoms with Gasteiger partial charge in [-0.2, -0.15) is 0 Å². The predicted molar refractivity (Wildman–Crippen MR) is 157 cm³/mol. The number of aryl methyl sites for hydroxylation is 2. The van der Waals surface area contributed by atoms with Crippen LogP contribution in [0.2, 0.25) is 0 Å². The number of carbonyl (C=O) groups is 4. The smallest absolute Gasteiger partial charge is 0.309 e. The van der Waals surface area contributed by atoms with Gasteiger partial charge in [0.05, 0.1) is 50.9 Å². The van der Waals surface area contributed by atoms with Gasteiger partial charge in [-0.15, -0.1) is 0 Å². The van der Waals surface area contributed by atoms with Crippen molar-refractivity contribution in [2.45, 2.75) is 72.6 Å². The number of hydrogen-bond donors (Lipinski definition) is 0. The van der Waals surface area contributed by atoms with Gasteiger partial charge in [-0.05, 0) is 25.7 Å². The highest BCUT2D eigenvalue weighted by Gasteiger charge is 2.32. The molecule has 0 saturated heterocycles. The third-order valence-corrected chi connectivity index (χ3v) is 7.67. The summed E-state index contributed by atoms with van der Waals surface area (Å²) in [6.45, 7) is 7.62. The number of carbonyl (C=O) groups excluding carboxylic acids is 4. The van der Waals surface area contributed by atoms with Crippen LogP contribution in [0.5, 0.6) is 0 Å². The van der Waals surface area contributed by atoms with Crippen LogP contribution in [0.15, 0.2) is 25.0 Å². The fourth-order valence-corrected chi connectivity index (χ4v) is 4.94. The number of rotatable bonds is 20. The molecule has 240 valence electrons. The van der Waals surface area contributed by atoms with Crippen molar-refractivity contribution >= 4 is 23.9 Å². The summed E-state index contributed by atoms with van der Waals surface area (Å²) in [5, 5.41) is 0. The number of ether oxygens (including phenoxy) is 4. The summed E-state index contributed by atoms with van der Waals surface area (Å²) in [6, 6.07) is 0. The number of imidazole rings is 2. The lowest BCUT2D eigenvalue weighted by molar-refractivity contribution is -0.157. The summed E-state index contributed by atoms with van der Waals surface area (Å²) in [4.78, 5) is 58.1. The van der Waals surface area contributed by atoms with Gasteiger partial charge >= 0.3 is 23.9 Å². The Hall–Kier alpha value is -3.70. The second-order valence-electron chi connectivity index (χ2n) is 10.7. The van der Waals surface area contributed by atoms with Crippen molar-refractivity contribution in [2.75, 3.05) is 26.4 Å². The van der Waals surface area contributed by atoms with Gasteiger partial charge in [-0.1, -0.05) is 27.7 Å². The molecule has 2 aromatic rings. The first-order valence-electron chi connectivity index (χ1n) is 15.2. The number of nitrogens with zero attached hydrogens (tertiary/aromatic N) is 4. The van der Waals surface area contributed by atoms with Crippen LogP contribution in [0.25, 0.3) is 0 Å². The van der Waals surface area contributed by atoms with E-state index in [-0.39, 0.29) is 75.0 Å². The minimum atomic E-state index is -0.481. The van der Waals surface area contributed by atoms with Crippen LogP contribution in [0, 0.1) is 23.7 Å². The highest BCUT2D eigenvalue weighted by molar-refractivity contribution is 5.74. The van der Waals surface area contributed by atoms with Crippen LogP contribution in [0.3, 0.4) is 0 Å². The summed E-state index contributed by atoms with van der Waals surface area (Å²) in [7, 11) is 3.75. The van der Waals surface area contributed by atoms with Gasteiger partial charge in [0, 0.05) is 69.0 Å². The molecule has 0 bridgehead atoms. The molecule has 2 aromatic heterocycles. The second-order valence-corrected chi connectivity index (χ2v) is 10.7. The molecule has 2 heterocycles. The third-order valence-electron chi connectivity index (χ3n) is 7.67. The van der Waals surface area contributed by atoms with E-state index in [1.807, 2.05) is 37.1 Å². The Morgan fingerprint density at radius 3 is 1.37 bits per heavy atom. The summed E-state index contributed by atoms with van der Waals surface area (Å²) in [5.41, 5.74) is 1.85. The van der Waals surface area contributed by atoms with Crippen molar-refractivity contribution in [3.05, 3.63) is 36.4 Å². The molecule has 0 aliphatic carbocycles. The lowest BCUT2D eigenvalue weighted by Gasteiger charge is -2.25. The van der Waals surface area contributed by atoms with Crippen molar-refractivity contribution < 1.29 is 38.1 Å². The zero-order valence-electron chi connectivity index (χ0n) is 26.5. The van der Waals surface area contributed by atoms with E-state index in [1.54, 1.807) is 38.9 Å². The highest BCUT2D eigenvalue weighted by atomic mass is 16.6. The van der Waals surface area contributed by atoms with E-state index in [2.05, 4.69) is 9.97 Å². The zero-order valence-corrected chi connectivity index (χ0v) is 26.5. The molecule has 0 aliphatic heterocycles. The maximum atomic E-state index is 13.1. The van der Waals surface area contributed by atoms with Crippen LogP contribution in [0.4, 0.5) is 0 Å². The minimum absolute atomic E-state index is 0.0825. The fourth-order valence-electron chi connectivity index (χ4n) is 4.94. The van der Waals surface area contributed by atoms with Gasteiger partial charge in [0.25, 0.3) is 0 Å². The Kier molecular flexibility index (Phi) is 15.5. The van der Waals surface area contributed by atoms with E-state index in [0.717, 1.165) is 11.4 Å². The van der Waals surface area contributed by atoms with Crippen LogP contribution in [-0.4, -0.2) is 69.4 Å². The molecule has 0 radical (unpaired) electrons. The predicted octanol–water partition coefficient (Wildman–Crippen LogP) is 3.61. The SMILES string of the molecule is CCC(=O)OC[C@H](Cc1cncn1C)[C@H](CC)C(=O)OCCCOC(=O)[C@@H](CC)[C@H](COC(=O)CC)Cc1cncn1C. The first-order valence-corrected chi connectivity index (χ1v) is 15.2. The van der Waals surface area contributed by atoms with Crippen LogP contribution < -0.4 is 0 Å². The second kappa shape index (κ2) is 18.8. The molecule has 12 heteroatoms. The van der Waals surface area contributed by atoms with Gasteiger partial charge in [0.1, 0.15) is 0 Å². The van der Waals surface area contributed by atoms with Crippen molar-refractivity contribution in [3.63, 3.8) is 0 Å². The topological polar surface area (TPSA) is 141 Å². The highest BCUT2D eigenvalue weighted by Crippen LogP contribution is 2.25. The van der Waals surface area contributed by atoms with E-state index in [9.17, 15) is 19.2 Å². The largest absolute Gasteiger partial charge is 0.465 e. The van der Waals surface area contributed by atoms with E-state index in [1.165, 1.54) is 0 Å². The molecule has 0 unspecified atom stereocenters. The normalized spacial score (nSPS) is 13.9. The summed E-state index contributed by atoms with van der Waals surface area (Å²) < 4.78 is 25.7. The van der Waals surface area contributed by atoms with E-state index < -0.39 is 11.8 Å². The van der Waals surface area contributed by atoms with Gasteiger partial charge < -0.3 is 28.1 Å². The monoisotopic (exact) mass is 604 g/mol. The van der Waals surface area contributed by atoms with Gasteiger partial charge in [0.15, 0.2) is 0 Å². The molecule has 0 N–H and O–H groups in total. The Morgan fingerprint density at radius 1 is 0.674 bits per heavy atom. The quantitative estimate of drug-likeness (QED) is 0.125. The van der Waals surface area contributed by atoms with E-state index in [0.29, 0.717) is 32.1 Å². The van der Waals surface area contributed by atoms with Gasteiger partial charge in [0.2, 0.25) is 0 Å². The van der Waals surface area contributed by atoms with Gasteiger partial charge in [-0.3, -0.25) is 19.2 Å². The van der Waals surface area contributed by atoms with Gasteiger partial charge in [-0.25, -0.2) is 9.97 Å². The fraction of sp³-hybridized carbons (Fsp3) is 0.677. The zero-order chi connectivity index (χ0) is 31.8. The molecule has 2 rings (SSSR count). The summed E-state index contributed by atoms with van der Waals surface area (Å²) in [6.07, 6.45) is 9.72. The molecular formula is C31H48N4O8. The van der Waals surface area contributed by atoms with Crippen molar-refractivity contribution in [2.24, 2.45) is 37.8 Å². The molecule has 0 aliphatic rings. The lowest BCUT2D eigenvalue weighted by Crippen LogP contribution is -2.32. The molecule has 0 spiro atoms. The van der Waals surface area contributed by atoms with Crippen LogP contribution >= 0.6 is 0 Å². The Balaban J connectivity index is 1.93. The molecule has 0 fully saturated rings. The molecule has 0 aromatic carbocycles. The Labute approximate surface area is 254 Å². The molecule has 12 nitrogen and oxygen atoms in total. The third kappa shape index (κ3) is 11.5. The summed E-state index contributed by atoms with van der Waals surface area (Å²) >= 11 is 0. The first-order chi connectivity index (χ1) is 20.6. The van der Waals surface area contributed by atoms with E-state index in [4.69, 9.17) is 18.9 Å². The molecule has 0 saturated carbocycles. The van der Waals surface area contributed by atoms with Crippen molar-refractivity contribution in [1.29, 1.82) is 0 Å². The Morgan fingerprint density at radius 2 is 1.07 bits per heavy atom. The number of esters is 4. The average molecular weight is 605 g/mol. The maximum absolute atomic E-state index is 13.1. The average Bonchev–Trinajstić information content (AvgIpc) is 3.60. The minimum Gasteiger partial charge on any atom is -0.465 e. The number of aromatic nitrogens is 4. The molecule has 4 atom stereocenters. The summed E-state index contributed by atoms with van der Waals surface area (Å²) in [5.74, 6) is -2.92. The molecule has 43 heavy (non-hydrogen) atoms. The van der Waals surface area contributed by atoms with Crippen LogP contribution in [0.1, 0.15) is 71.2 Å². The lowest BCUT2D eigenvalue weighted by atomic mass is 9.87. The van der Waals surface area contributed by atoms with E-state index >= 15 is 0 Å².